The number of carbonyl (C=O) groups excluding carboxylic acids is 1. The number of hydrogen-bond acceptors (Lipinski definition) is 2. The van der Waals surface area contributed by atoms with Gasteiger partial charge in [0.15, 0.2) is 0 Å². The van der Waals surface area contributed by atoms with Crippen molar-refractivity contribution < 1.29 is 4.79 Å². The van der Waals surface area contributed by atoms with Gasteiger partial charge in [0.1, 0.15) is 0 Å². The van der Waals surface area contributed by atoms with Gasteiger partial charge in [-0.25, -0.2) is 0 Å². The van der Waals surface area contributed by atoms with Gasteiger partial charge in [-0.15, -0.1) is 0 Å². The van der Waals surface area contributed by atoms with Crippen LogP contribution < -0.4 is 11.1 Å². The number of rotatable bonds is 4. The Morgan fingerprint density at radius 2 is 1.90 bits per heavy atom. The highest BCUT2D eigenvalue weighted by Crippen LogP contribution is 2.38. The highest BCUT2D eigenvalue weighted by molar-refractivity contribution is 5.94. The van der Waals surface area contributed by atoms with Gasteiger partial charge in [0, 0.05) is 24.1 Å². The smallest absolute Gasteiger partial charge is 0.251 e. The topological polar surface area (TPSA) is 55.1 Å². The first-order chi connectivity index (χ1) is 9.74. The Morgan fingerprint density at radius 3 is 2.60 bits per heavy atom. The van der Waals surface area contributed by atoms with E-state index in [1.165, 1.54) is 5.56 Å². The third-order valence-corrected chi connectivity index (χ3v) is 3.71. The Labute approximate surface area is 118 Å². The van der Waals surface area contributed by atoms with Crippen LogP contribution in [0.2, 0.25) is 0 Å². The average Bonchev–Trinajstić information content (AvgIpc) is 3.23. The summed E-state index contributed by atoms with van der Waals surface area (Å²) in [6.45, 7) is 0.545. The lowest BCUT2D eigenvalue weighted by molar-refractivity contribution is 0.0951. The molecule has 0 aromatic heterocycles. The first-order valence-corrected chi connectivity index (χ1v) is 6.92. The molecule has 0 aliphatic heterocycles. The molecule has 2 unspecified atom stereocenters. The molecule has 1 amide bonds. The van der Waals surface area contributed by atoms with Crippen molar-refractivity contribution in [1.82, 2.24) is 5.32 Å². The summed E-state index contributed by atoms with van der Waals surface area (Å²) < 4.78 is 0. The predicted molar refractivity (Wildman–Crippen MR) is 79.4 cm³/mol. The van der Waals surface area contributed by atoms with Crippen LogP contribution in [-0.4, -0.2) is 11.9 Å². The van der Waals surface area contributed by atoms with Crippen LogP contribution in [0.1, 0.15) is 33.8 Å². The monoisotopic (exact) mass is 266 g/mol. The third kappa shape index (κ3) is 2.89. The van der Waals surface area contributed by atoms with Crippen molar-refractivity contribution in [3.8, 4) is 0 Å². The van der Waals surface area contributed by atoms with Crippen molar-refractivity contribution in [2.24, 2.45) is 5.73 Å². The second-order valence-electron chi connectivity index (χ2n) is 5.30. The van der Waals surface area contributed by atoms with Gasteiger partial charge in [-0.05, 0) is 29.7 Å². The summed E-state index contributed by atoms with van der Waals surface area (Å²) in [5, 5.41) is 2.94. The van der Waals surface area contributed by atoms with E-state index in [4.69, 9.17) is 5.73 Å². The van der Waals surface area contributed by atoms with Crippen LogP contribution in [0.15, 0.2) is 54.6 Å². The van der Waals surface area contributed by atoms with Crippen LogP contribution in [0.3, 0.4) is 0 Å². The van der Waals surface area contributed by atoms with Gasteiger partial charge in [-0.2, -0.15) is 0 Å². The molecule has 0 radical (unpaired) electrons. The van der Waals surface area contributed by atoms with E-state index in [0.717, 1.165) is 12.0 Å². The van der Waals surface area contributed by atoms with E-state index in [0.29, 0.717) is 24.1 Å². The maximum absolute atomic E-state index is 12.0. The maximum atomic E-state index is 12.0. The van der Waals surface area contributed by atoms with Gasteiger partial charge >= 0.3 is 0 Å². The number of nitrogens with one attached hydrogen (secondary N) is 1. The predicted octanol–water partition coefficient (Wildman–Crippen LogP) is 2.43. The van der Waals surface area contributed by atoms with Crippen LogP contribution >= 0.6 is 0 Å². The van der Waals surface area contributed by atoms with Gasteiger partial charge in [-0.3, -0.25) is 4.79 Å². The minimum atomic E-state index is -0.0425. The van der Waals surface area contributed by atoms with Gasteiger partial charge in [0.25, 0.3) is 5.91 Å². The molecular weight excluding hydrogens is 248 g/mol. The van der Waals surface area contributed by atoms with Crippen molar-refractivity contribution in [1.29, 1.82) is 0 Å². The van der Waals surface area contributed by atoms with Crippen LogP contribution in [-0.2, 0) is 6.54 Å². The fraction of sp³-hybridized carbons (Fsp3) is 0.235. The Morgan fingerprint density at radius 1 is 1.15 bits per heavy atom. The van der Waals surface area contributed by atoms with E-state index in [1.807, 2.05) is 42.5 Å². The van der Waals surface area contributed by atoms with E-state index in [-0.39, 0.29) is 5.91 Å². The molecule has 0 saturated heterocycles. The zero-order chi connectivity index (χ0) is 13.9. The second-order valence-corrected chi connectivity index (χ2v) is 5.30. The van der Waals surface area contributed by atoms with Crippen LogP contribution in [0, 0.1) is 0 Å². The fourth-order valence-electron chi connectivity index (χ4n) is 2.41. The lowest BCUT2D eigenvalue weighted by atomic mass is 10.1. The SMILES string of the molecule is NC1CC1c1cccc(CNC(=O)c2ccccc2)c1. The van der Waals surface area contributed by atoms with Crippen molar-refractivity contribution in [3.63, 3.8) is 0 Å². The molecule has 102 valence electrons. The summed E-state index contributed by atoms with van der Waals surface area (Å²) in [7, 11) is 0. The second kappa shape index (κ2) is 5.47. The number of benzene rings is 2. The van der Waals surface area contributed by atoms with Crippen molar-refractivity contribution in [2.45, 2.75) is 24.9 Å². The van der Waals surface area contributed by atoms with Crippen LogP contribution in [0.25, 0.3) is 0 Å². The summed E-state index contributed by atoms with van der Waals surface area (Å²) in [6.07, 6.45) is 1.07. The normalized spacial score (nSPS) is 20.4. The lowest BCUT2D eigenvalue weighted by Crippen LogP contribution is -2.22. The first-order valence-electron chi connectivity index (χ1n) is 6.92. The highest BCUT2D eigenvalue weighted by Gasteiger charge is 2.34. The molecule has 0 spiro atoms. The molecule has 20 heavy (non-hydrogen) atoms. The Kier molecular flexibility index (Phi) is 3.52. The number of hydrogen-bond donors (Lipinski definition) is 2. The molecule has 2 aromatic carbocycles. The minimum Gasteiger partial charge on any atom is -0.348 e. The van der Waals surface area contributed by atoms with Gasteiger partial charge in [-0.1, -0.05) is 42.5 Å². The molecule has 0 bridgehead atoms. The Balaban J connectivity index is 1.62. The largest absolute Gasteiger partial charge is 0.348 e. The summed E-state index contributed by atoms with van der Waals surface area (Å²) >= 11 is 0. The first kappa shape index (κ1) is 12.9. The van der Waals surface area contributed by atoms with Crippen LogP contribution in [0.4, 0.5) is 0 Å². The van der Waals surface area contributed by atoms with Gasteiger partial charge in [0.05, 0.1) is 0 Å². The van der Waals surface area contributed by atoms with E-state index in [2.05, 4.69) is 17.4 Å². The van der Waals surface area contributed by atoms with Crippen molar-refractivity contribution in [2.75, 3.05) is 0 Å². The zero-order valence-corrected chi connectivity index (χ0v) is 11.3. The molecule has 1 fully saturated rings. The fourth-order valence-corrected chi connectivity index (χ4v) is 2.41. The summed E-state index contributed by atoms with van der Waals surface area (Å²) in [4.78, 5) is 12.0. The molecule has 2 atom stereocenters. The van der Waals surface area contributed by atoms with Gasteiger partial charge in [0.2, 0.25) is 0 Å². The summed E-state index contributed by atoms with van der Waals surface area (Å²) in [6, 6.07) is 17.9. The zero-order valence-electron chi connectivity index (χ0n) is 11.3. The van der Waals surface area contributed by atoms with E-state index in [9.17, 15) is 4.79 Å². The Hall–Kier alpha value is -2.13. The van der Waals surface area contributed by atoms with Crippen molar-refractivity contribution in [3.05, 3.63) is 71.3 Å². The molecule has 0 heterocycles. The van der Waals surface area contributed by atoms with E-state index >= 15 is 0 Å². The van der Waals surface area contributed by atoms with E-state index in [1.54, 1.807) is 0 Å². The number of nitrogens with two attached hydrogens (primary N) is 1. The van der Waals surface area contributed by atoms with Crippen molar-refractivity contribution >= 4 is 5.91 Å². The molecule has 1 aliphatic rings. The standard InChI is InChI=1S/C17H18N2O/c18-16-10-15(16)14-8-4-5-12(9-14)11-19-17(20)13-6-2-1-3-7-13/h1-9,15-16H,10-11,18H2,(H,19,20). The highest BCUT2D eigenvalue weighted by atomic mass is 16.1. The molecule has 3 rings (SSSR count). The number of amides is 1. The third-order valence-electron chi connectivity index (χ3n) is 3.71. The molecule has 1 aliphatic carbocycles. The lowest BCUT2D eigenvalue weighted by Gasteiger charge is -2.07. The van der Waals surface area contributed by atoms with Gasteiger partial charge < -0.3 is 11.1 Å². The average molecular weight is 266 g/mol. The number of carbonyl (C=O) groups is 1. The van der Waals surface area contributed by atoms with Crippen LogP contribution in [0.5, 0.6) is 0 Å². The Bertz CT molecular complexity index is 609. The molecular formula is C17H18N2O. The van der Waals surface area contributed by atoms with E-state index < -0.39 is 0 Å². The summed E-state index contributed by atoms with van der Waals surface area (Å²) in [5.74, 6) is 0.457. The molecule has 2 aromatic rings. The molecule has 3 nitrogen and oxygen atoms in total. The quantitative estimate of drug-likeness (QED) is 0.893. The maximum Gasteiger partial charge on any atom is 0.251 e. The summed E-state index contributed by atoms with van der Waals surface area (Å²) in [5.41, 5.74) is 8.96. The molecule has 3 heteroatoms. The molecule has 3 N–H and O–H groups in total. The minimum absolute atomic E-state index is 0.0425. The molecule has 1 saturated carbocycles.